The van der Waals surface area contributed by atoms with Gasteiger partial charge in [-0.25, -0.2) is 0 Å². The Kier molecular flexibility index (Phi) is 5.24. The fourth-order valence-corrected chi connectivity index (χ4v) is 3.34. The number of carbonyl (C=O) groups is 1. The van der Waals surface area contributed by atoms with Crippen molar-refractivity contribution in [2.24, 2.45) is 0 Å². The van der Waals surface area contributed by atoms with Gasteiger partial charge in [0.2, 0.25) is 0 Å². The van der Waals surface area contributed by atoms with Crippen LogP contribution in [0, 0.1) is 6.92 Å². The second-order valence-corrected chi connectivity index (χ2v) is 6.55. The Bertz CT molecular complexity index is 627. The van der Waals surface area contributed by atoms with E-state index in [-0.39, 0.29) is 11.7 Å². The molecule has 1 unspecified atom stereocenters. The summed E-state index contributed by atoms with van der Waals surface area (Å²) in [5, 5.41) is 0. The Morgan fingerprint density at radius 3 is 2.26 bits per heavy atom. The standard InChI is InChI=1S/C21H25NO/c1-17-10-12-19(13-11-17)21(23)20(18-8-4-2-5-9-18)16-22-14-6-3-7-15-22/h2,4-5,8-13,20H,3,6-7,14-16H2,1H3. The van der Waals surface area contributed by atoms with Crippen molar-refractivity contribution in [2.75, 3.05) is 19.6 Å². The van der Waals surface area contributed by atoms with Gasteiger partial charge in [-0.1, -0.05) is 66.6 Å². The predicted octanol–water partition coefficient (Wildman–Crippen LogP) is 4.45. The summed E-state index contributed by atoms with van der Waals surface area (Å²) in [7, 11) is 0. The number of hydrogen-bond donors (Lipinski definition) is 0. The molecule has 1 heterocycles. The van der Waals surface area contributed by atoms with Gasteiger partial charge in [0.15, 0.2) is 5.78 Å². The smallest absolute Gasteiger partial charge is 0.171 e. The van der Waals surface area contributed by atoms with E-state index in [0.717, 1.165) is 30.8 Å². The molecule has 1 fully saturated rings. The Hall–Kier alpha value is -1.93. The van der Waals surface area contributed by atoms with E-state index in [1.807, 2.05) is 42.5 Å². The van der Waals surface area contributed by atoms with Crippen LogP contribution in [0.1, 0.15) is 46.7 Å². The molecule has 0 spiro atoms. The van der Waals surface area contributed by atoms with E-state index >= 15 is 0 Å². The van der Waals surface area contributed by atoms with Crippen LogP contribution in [0.3, 0.4) is 0 Å². The molecular weight excluding hydrogens is 282 g/mol. The minimum absolute atomic E-state index is 0.0722. The zero-order valence-electron chi connectivity index (χ0n) is 13.9. The van der Waals surface area contributed by atoms with E-state index < -0.39 is 0 Å². The monoisotopic (exact) mass is 307 g/mol. The van der Waals surface area contributed by atoms with Crippen LogP contribution >= 0.6 is 0 Å². The Morgan fingerprint density at radius 1 is 0.957 bits per heavy atom. The van der Waals surface area contributed by atoms with Crippen molar-refractivity contribution in [1.29, 1.82) is 0 Å². The molecular formula is C21H25NO. The Balaban J connectivity index is 1.84. The largest absolute Gasteiger partial charge is 0.302 e. The van der Waals surface area contributed by atoms with Gasteiger partial charge in [0, 0.05) is 12.1 Å². The second kappa shape index (κ2) is 7.56. The Morgan fingerprint density at radius 2 is 1.61 bits per heavy atom. The Labute approximate surface area is 139 Å². The molecule has 2 heteroatoms. The first-order valence-corrected chi connectivity index (χ1v) is 8.62. The predicted molar refractivity (Wildman–Crippen MR) is 95.0 cm³/mol. The number of Topliss-reactive ketones (excluding diaryl/α,β-unsaturated/α-hetero) is 1. The molecule has 1 atom stereocenters. The lowest BCUT2D eigenvalue weighted by Gasteiger charge is -2.30. The normalized spacial score (nSPS) is 16.9. The van der Waals surface area contributed by atoms with E-state index in [0.29, 0.717) is 0 Å². The number of rotatable bonds is 5. The summed E-state index contributed by atoms with van der Waals surface area (Å²) in [5.41, 5.74) is 3.14. The van der Waals surface area contributed by atoms with Gasteiger partial charge in [-0.3, -0.25) is 4.79 Å². The molecule has 1 aliphatic heterocycles. The maximum absolute atomic E-state index is 13.1. The van der Waals surface area contributed by atoms with Crippen LogP contribution in [0.15, 0.2) is 54.6 Å². The summed E-state index contributed by atoms with van der Waals surface area (Å²) in [6.45, 7) is 5.11. The van der Waals surface area contributed by atoms with Crippen LogP contribution in [0.2, 0.25) is 0 Å². The van der Waals surface area contributed by atoms with Gasteiger partial charge < -0.3 is 4.90 Å². The van der Waals surface area contributed by atoms with Crippen molar-refractivity contribution in [3.63, 3.8) is 0 Å². The van der Waals surface area contributed by atoms with Gasteiger partial charge in [-0.2, -0.15) is 0 Å². The van der Waals surface area contributed by atoms with Crippen molar-refractivity contribution >= 4 is 5.78 Å². The number of nitrogens with zero attached hydrogens (tertiary/aromatic N) is 1. The molecule has 1 saturated heterocycles. The van der Waals surface area contributed by atoms with E-state index in [2.05, 4.69) is 24.0 Å². The van der Waals surface area contributed by atoms with Crippen molar-refractivity contribution < 1.29 is 4.79 Å². The molecule has 0 bridgehead atoms. The van der Waals surface area contributed by atoms with Gasteiger partial charge in [-0.05, 0) is 38.4 Å². The molecule has 0 aliphatic carbocycles. The molecule has 0 radical (unpaired) electrons. The highest BCUT2D eigenvalue weighted by atomic mass is 16.1. The number of likely N-dealkylation sites (tertiary alicyclic amines) is 1. The average Bonchev–Trinajstić information content (AvgIpc) is 2.61. The molecule has 2 nitrogen and oxygen atoms in total. The van der Waals surface area contributed by atoms with Crippen LogP contribution in [0.25, 0.3) is 0 Å². The fourth-order valence-electron chi connectivity index (χ4n) is 3.34. The molecule has 0 amide bonds. The average molecular weight is 307 g/mol. The molecule has 0 N–H and O–H groups in total. The molecule has 3 rings (SSSR count). The molecule has 2 aromatic rings. The lowest BCUT2D eigenvalue weighted by Crippen LogP contribution is -2.35. The van der Waals surface area contributed by atoms with Gasteiger partial charge in [0.05, 0.1) is 5.92 Å². The van der Waals surface area contributed by atoms with Crippen LogP contribution < -0.4 is 0 Å². The topological polar surface area (TPSA) is 20.3 Å². The second-order valence-electron chi connectivity index (χ2n) is 6.55. The van der Waals surface area contributed by atoms with Gasteiger partial charge in [0.25, 0.3) is 0 Å². The summed E-state index contributed by atoms with van der Waals surface area (Å²) in [4.78, 5) is 15.6. The van der Waals surface area contributed by atoms with E-state index in [1.54, 1.807) is 0 Å². The van der Waals surface area contributed by atoms with Gasteiger partial charge in [-0.15, -0.1) is 0 Å². The number of benzene rings is 2. The first kappa shape index (κ1) is 15.9. The maximum Gasteiger partial charge on any atom is 0.171 e. The quantitative estimate of drug-likeness (QED) is 0.761. The highest BCUT2D eigenvalue weighted by Crippen LogP contribution is 2.24. The zero-order chi connectivity index (χ0) is 16.1. The van der Waals surface area contributed by atoms with Crippen LogP contribution in [-0.2, 0) is 0 Å². The summed E-state index contributed by atoms with van der Waals surface area (Å²) < 4.78 is 0. The third-order valence-electron chi connectivity index (χ3n) is 4.74. The van der Waals surface area contributed by atoms with Crippen LogP contribution in [0.4, 0.5) is 0 Å². The highest BCUT2D eigenvalue weighted by molar-refractivity contribution is 6.01. The molecule has 1 aliphatic rings. The number of hydrogen-bond acceptors (Lipinski definition) is 2. The summed E-state index contributed by atoms with van der Waals surface area (Å²) in [5.74, 6) is 0.166. The molecule has 0 aromatic heterocycles. The third kappa shape index (κ3) is 4.08. The van der Waals surface area contributed by atoms with Gasteiger partial charge >= 0.3 is 0 Å². The number of aryl methyl sites for hydroxylation is 1. The maximum atomic E-state index is 13.1. The van der Waals surface area contributed by atoms with Crippen molar-refractivity contribution in [1.82, 2.24) is 4.90 Å². The molecule has 120 valence electrons. The van der Waals surface area contributed by atoms with E-state index in [9.17, 15) is 4.79 Å². The minimum atomic E-state index is -0.0722. The third-order valence-corrected chi connectivity index (χ3v) is 4.74. The summed E-state index contributed by atoms with van der Waals surface area (Å²) >= 11 is 0. The number of ketones is 1. The lowest BCUT2D eigenvalue weighted by atomic mass is 9.89. The van der Waals surface area contributed by atoms with E-state index in [4.69, 9.17) is 0 Å². The van der Waals surface area contributed by atoms with Gasteiger partial charge in [0.1, 0.15) is 0 Å². The minimum Gasteiger partial charge on any atom is -0.302 e. The molecule has 0 saturated carbocycles. The zero-order valence-corrected chi connectivity index (χ0v) is 13.9. The lowest BCUT2D eigenvalue weighted by molar-refractivity contribution is 0.0925. The van der Waals surface area contributed by atoms with Crippen molar-refractivity contribution in [3.05, 3.63) is 71.3 Å². The summed E-state index contributed by atoms with van der Waals surface area (Å²) in [6, 6.07) is 18.2. The SMILES string of the molecule is Cc1ccc(C(=O)C(CN2CCCCC2)c2ccccc2)cc1. The molecule has 2 aromatic carbocycles. The van der Waals surface area contributed by atoms with Crippen molar-refractivity contribution in [3.8, 4) is 0 Å². The van der Waals surface area contributed by atoms with Crippen molar-refractivity contribution in [2.45, 2.75) is 32.1 Å². The van der Waals surface area contributed by atoms with Crippen LogP contribution in [-0.4, -0.2) is 30.3 Å². The van der Waals surface area contributed by atoms with E-state index in [1.165, 1.54) is 24.8 Å². The highest BCUT2D eigenvalue weighted by Gasteiger charge is 2.25. The summed E-state index contributed by atoms with van der Waals surface area (Å²) in [6.07, 6.45) is 3.82. The fraction of sp³-hybridized carbons (Fsp3) is 0.381. The number of carbonyl (C=O) groups excluding carboxylic acids is 1. The number of piperidine rings is 1. The first-order valence-electron chi connectivity index (χ1n) is 8.62. The molecule has 23 heavy (non-hydrogen) atoms. The van der Waals surface area contributed by atoms with Crippen LogP contribution in [0.5, 0.6) is 0 Å². The first-order chi connectivity index (χ1) is 11.2.